The standard InChI is InChI=1S/C18H28FN3O/c1-21(2)10-11-22(13-15-6-3-4-9-17(15)19)18(23)14-7-5-8-16(20)12-14/h3-4,6,9,14,16H,5,7-8,10-13,20H2,1-2H3. The van der Waals surface area contributed by atoms with Gasteiger partial charge in [0.25, 0.3) is 0 Å². The molecular weight excluding hydrogens is 293 g/mol. The number of carbonyl (C=O) groups excluding carboxylic acids is 1. The predicted octanol–water partition coefficient (Wildman–Crippen LogP) is 2.23. The molecule has 1 fully saturated rings. The summed E-state index contributed by atoms with van der Waals surface area (Å²) in [5.41, 5.74) is 6.59. The maximum atomic E-state index is 13.9. The summed E-state index contributed by atoms with van der Waals surface area (Å²) >= 11 is 0. The third-order valence-electron chi connectivity index (χ3n) is 4.51. The fourth-order valence-corrected chi connectivity index (χ4v) is 3.13. The van der Waals surface area contributed by atoms with Crippen LogP contribution in [0.25, 0.3) is 0 Å². The van der Waals surface area contributed by atoms with E-state index in [0.29, 0.717) is 18.7 Å². The third kappa shape index (κ3) is 5.29. The highest BCUT2D eigenvalue weighted by Crippen LogP contribution is 2.25. The van der Waals surface area contributed by atoms with Crippen molar-refractivity contribution in [3.8, 4) is 0 Å². The van der Waals surface area contributed by atoms with E-state index in [0.717, 1.165) is 32.2 Å². The van der Waals surface area contributed by atoms with Gasteiger partial charge in [-0.15, -0.1) is 0 Å². The van der Waals surface area contributed by atoms with Gasteiger partial charge in [0.05, 0.1) is 0 Å². The van der Waals surface area contributed by atoms with Crippen molar-refractivity contribution < 1.29 is 9.18 Å². The minimum absolute atomic E-state index is 0.0207. The second kappa shape index (κ2) is 8.41. The largest absolute Gasteiger partial charge is 0.337 e. The van der Waals surface area contributed by atoms with E-state index in [1.165, 1.54) is 6.07 Å². The van der Waals surface area contributed by atoms with Crippen LogP contribution in [0.4, 0.5) is 4.39 Å². The van der Waals surface area contributed by atoms with Gasteiger partial charge in [-0.05, 0) is 39.4 Å². The zero-order valence-corrected chi connectivity index (χ0v) is 14.2. The van der Waals surface area contributed by atoms with Gasteiger partial charge in [0.1, 0.15) is 5.82 Å². The number of benzene rings is 1. The van der Waals surface area contributed by atoms with Gasteiger partial charge in [-0.1, -0.05) is 24.6 Å². The molecule has 4 nitrogen and oxygen atoms in total. The van der Waals surface area contributed by atoms with Crippen LogP contribution < -0.4 is 5.73 Å². The predicted molar refractivity (Wildman–Crippen MR) is 90.3 cm³/mol. The molecule has 0 aliphatic heterocycles. The Bertz CT molecular complexity index is 521. The van der Waals surface area contributed by atoms with E-state index in [1.54, 1.807) is 17.0 Å². The van der Waals surface area contributed by atoms with Crippen LogP contribution >= 0.6 is 0 Å². The summed E-state index contributed by atoms with van der Waals surface area (Å²) in [5.74, 6) is -0.159. The lowest BCUT2D eigenvalue weighted by Crippen LogP contribution is -2.43. The Labute approximate surface area is 138 Å². The van der Waals surface area contributed by atoms with Crippen molar-refractivity contribution in [1.82, 2.24) is 9.80 Å². The molecule has 0 saturated heterocycles. The number of halogens is 1. The van der Waals surface area contributed by atoms with Gasteiger partial charge in [-0.3, -0.25) is 4.79 Å². The Hall–Kier alpha value is -1.46. The molecule has 1 aliphatic rings. The van der Waals surface area contributed by atoms with Crippen molar-refractivity contribution in [2.45, 2.75) is 38.3 Å². The van der Waals surface area contributed by atoms with Gasteiger partial charge < -0.3 is 15.5 Å². The molecule has 0 bridgehead atoms. The molecule has 0 heterocycles. The molecule has 1 saturated carbocycles. The molecule has 0 radical (unpaired) electrons. The van der Waals surface area contributed by atoms with Crippen LogP contribution in [-0.2, 0) is 11.3 Å². The second-order valence-corrected chi connectivity index (χ2v) is 6.78. The zero-order valence-electron chi connectivity index (χ0n) is 14.2. The summed E-state index contributed by atoms with van der Waals surface area (Å²) in [6.45, 7) is 1.69. The zero-order chi connectivity index (χ0) is 16.8. The maximum Gasteiger partial charge on any atom is 0.226 e. The lowest BCUT2D eigenvalue weighted by atomic mass is 9.85. The van der Waals surface area contributed by atoms with Gasteiger partial charge in [0.15, 0.2) is 0 Å². The van der Waals surface area contributed by atoms with Crippen LogP contribution in [-0.4, -0.2) is 48.9 Å². The smallest absolute Gasteiger partial charge is 0.226 e. The Morgan fingerprint density at radius 1 is 1.26 bits per heavy atom. The monoisotopic (exact) mass is 321 g/mol. The van der Waals surface area contributed by atoms with Crippen LogP contribution in [0.5, 0.6) is 0 Å². The number of nitrogens with zero attached hydrogens (tertiary/aromatic N) is 2. The highest BCUT2D eigenvalue weighted by Gasteiger charge is 2.29. The Kier molecular flexibility index (Phi) is 6.54. The van der Waals surface area contributed by atoms with Crippen LogP contribution in [0.1, 0.15) is 31.2 Å². The molecule has 2 unspecified atom stereocenters. The van der Waals surface area contributed by atoms with E-state index < -0.39 is 0 Å². The molecule has 2 rings (SSSR count). The average molecular weight is 321 g/mol. The molecule has 128 valence electrons. The van der Waals surface area contributed by atoms with E-state index >= 15 is 0 Å². The number of rotatable bonds is 6. The minimum atomic E-state index is -0.254. The number of likely N-dealkylation sites (N-methyl/N-ethyl adjacent to an activating group) is 1. The number of hydrogen-bond acceptors (Lipinski definition) is 3. The summed E-state index contributed by atoms with van der Waals surface area (Å²) in [6, 6.07) is 6.79. The van der Waals surface area contributed by atoms with Crippen molar-refractivity contribution in [1.29, 1.82) is 0 Å². The molecule has 2 N–H and O–H groups in total. The van der Waals surface area contributed by atoms with Gasteiger partial charge >= 0.3 is 0 Å². The minimum Gasteiger partial charge on any atom is -0.337 e. The summed E-state index contributed by atoms with van der Waals surface area (Å²) in [5, 5.41) is 0. The normalized spacial score (nSPS) is 21.4. The first kappa shape index (κ1) is 17.9. The van der Waals surface area contributed by atoms with Crippen molar-refractivity contribution >= 4 is 5.91 Å². The summed E-state index contributed by atoms with van der Waals surface area (Å²) < 4.78 is 13.9. The summed E-state index contributed by atoms with van der Waals surface area (Å²) in [7, 11) is 3.95. The molecule has 1 aliphatic carbocycles. The molecule has 5 heteroatoms. The molecular formula is C18H28FN3O. The Balaban J connectivity index is 2.09. The molecule has 23 heavy (non-hydrogen) atoms. The lowest BCUT2D eigenvalue weighted by Gasteiger charge is -2.32. The topological polar surface area (TPSA) is 49.6 Å². The molecule has 1 aromatic carbocycles. The summed E-state index contributed by atoms with van der Waals surface area (Å²) in [6.07, 6.45) is 3.63. The van der Waals surface area contributed by atoms with Gasteiger partial charge in [-0.25, -0.2) is 4.39 Å². The number of carbonyl (C=O) groups is 1. The summed E-state index contributed by atoms with van der Waals surface area (Å²) in [4.78, 5) is 16.7. The average Bonchev–Trinajstić information content (AvgIpc) is 2.52. The van der Waals surface area contributed by atoms with E-state index in [4.69, 9.17) is 5.73 Å². The molecule has 0 aromatic heterocycles. The van der Waals surface area contributed by atoms with Crippen LogP contribution in [0, 0.1) is 11.7 Å². The first-order valence-corrected chi connectivity index (χ1v) is 8.40. The quantitative estimate of drug-likeness (QED) is 0.874. The second-order valence-electron chi connectivity index (χ2n) is 6.78. The highest BCUT2D eigenvalue weighted by molar-refractivity contribution is 5.79. The van der Waals surface area contributed by atoms with E-state index in [2.05, 4.69) is 0 Å². The van der Waals surface area contributed by atoms with Crippen molar-refractivity contribution in [2.24, 2.45) is 11.7 Å². The van der Waals surface area contributed by atoms with Crippen molar-refractivity contribution in [3.63, 3.8) is 0 Å². The van der Waals surface area contributed by atoms with Crippen molar-refractivity contribution in [2.75, 3.05) is 27.2 Å². The molecule has 2 atom stereocenters. The first-order valence-electron chi connectivity index (χ1n) is 8.40. The van der Waals surface area contributed by atoms with Gasteiger partial charge in [0.2, 0.25) is 5.91 Å². The molecule has 0 spiro atoms. The Morgan fingerprint density at radius 2 is 2.00 bits per heavy atom. The SMILES string of the molecule is CN(C)CCN(Cc1ccccc1F)C(=O)C1CCCC(N)C1. The highest BCUT2D eigenvalue weighted by atomic mass is 19.1. The number of hydrogen-bond donors (Lipinski definition) is 1. The van der Waals surface area contributed by atoms with E-state index in [9.17, 15) is 9.18 Å². The lowest BCUT2D eigenvalue weighted by molar-refractivity contribution is -0.137. The van der Waals surface area contributed by atoms with E-state index in [1.807, 2.05) is 25.1 Å². The number of nitrogens with two attached hydrogens (primary N) is 1. The van der Waals surface area contributed by atoms with Crippen molar-refractivity contribution in [3.05, 3.63) is 35.6 Å². The molecule has 1 amide bonds. The van der Waals surface area contributed by atoms with Crippen LogP contribution in [0.15, 0.2) is 24.3 Å². The third-order valence-corrected chi connectivity index (χ3v) is 4.51. The molecule has 1 aromatic rings. The van der Waals surface area contributed by atoms with Gasteiger partial charge in [-0.2, -0.15) is 0 Å². The van der Waals surface area contributed by atoms with Crippen LogP contribution in [0.3, 0.4) is 0 Å². The maximum absolute atomic E-state index is 13.9. The fraction of sp³-hybridized carbons (Fsp3) is 0.611. The first-order chi connectivity index (χ1) is 11.0. The fourth-order valence-electron chi connectivity index (χ4n) is 3.13. The number of amides is 1. The Morgan fingerprint density at radius 3 is 2.65 bits per heavy atom. The van der Waals surface area contributed by atoms with Gasteiger partial charge in [0, 0.05) is 37.2 Å². The van der Waals surface area contributed by atoms with Crippen LogP contribution in [0.2, 0.25) is 0 Å². The van der Waals surface area contributed by atoms with E-state index in [-0.39, 0.29) is 23.7 Å².